The first-order chi connectivity index (χ1) is 24.3. The van der Waals surface area contributed by atoms with Crippen molar-refractivity contribution in [3.63, 3.8) is 0 Å². The van der Waals surface area contributed by atoms with Crippen LogP contribution in [0.5, 0.6) is 23.0 Å². The molecule has 2 heterocycles. The Morgan fingerprint density at radius 2 is 0.660 bits per heavy atom. The average Bonchev–Trinajstić information content (AvgIpc) is 3.12. The predicted molar refractivity (Wildman–Crippen MR) is 195 cm³/mol. The normalized spacial score (nSPS) is 20.3. The smallest absolute Gasteiger partial charge is 0.125 e. The van der Waals surface area contributed by atoms with Crippen molar-refractivity contribution in [2.75, 3.05) is 9.80 Å². The summed E-state index contributed by atoms with van der Waals surface area (Å²) >= 11 is 3.27. The summed E-state index contributed by atoms with van der Waals surface area (Å²) in [4.78, 5) is 7.97. The third-order valence-electron chi connectivity index (χ3n) is 9.76. The Bertz CT molecular complexity index is 2020. The molecule has 248 valence electrons. The lowest BCUT2D eigenvalue weighted by molar-refractivity contribution is -0.0810. The van der Waals surface area contributed by atoms with E-state index in [2.05, 4.69) is 0 Å². The minimum Gasteiger partial charge on any atom is -0.507 e. The Labute approximate surface area is 296 Å². The van der Waals surface area contributed by atoms with Crippen LogP contribution in [0.4, 0.5) is 34.1 Å². The largest absolute Gasteiger partial charge is 0.507 e. The zero-order valence-electron chi connectivity index (χ0n) is 26.3. The molecule has 0 bridgehead atoms. The van der Waals surface area contributed by atoms with Gasteiger partial charge in [0, 0.05) is 66.8 Å². The molecule has 0 aromatic heterocycles. The van der Waals surface area contributed by atoms with Crippen LogP contribution in [-0.4, -0.2) is 42.8 Å². The molecule has 6 aromatic rings. The molecule has 1 aliphatic carbocycles. The van der Waals surface area contributed by atoms with Gasteiger partial charge in [0.05, 0.1) is 46.3 Å². The molecule has 6 N–H and O–H groups in total. The van der Waals surface area contributed by atoms with Crippen LogP contribution in [0.15, 0.2) is 141 Å². The summed E-state index contributed by atoms with van der Waals surface area (Å²) in [5, 5.41) is 68.4. The highest BCUT2D eigenvalue weighted by molar-refractivity contribution is 8.00. The third kappa shape index (κ3) is 4.64. The van der Waals surface area contributed by atoms with Gasteiger partial charge in [0.25, 0.3) is 0 Å². The Morgan fingerprint density at radius 1 is 0.400 bits per heavy atom. The van der Waals surface area contributed by atoms with Gasteiger partial charge in [-0.25, -0.2) is 0 Å². The molecule has 3 aliphatic rings. The Kier molecular flexibility index (Phi) is 7.18. The fraction of sp³-hybridized carbons (Fsp3) is 0.100. The van der Waals surface area contributed by atoms with Gasteiger partial charge in [0.15, 0.2) is 0 Å². The number of hydrogen-bond acceptors (Lipinski definition) is 10. The highest BCUT2D eigenvalue weighted by atomic mass is 32.2. The summed E-state index contributed by atoms with van der Waals surface area (Å²) in [6.07, 6.45) is -2.67. The number of hydrogen-bond donors (Lipinski definition) is 6. The minimum absolute atomic E-state index is 0.00687. The van der Waals surface area contributed by atoms with Crippen molar-refractivity contribution < 1.29 is 30.6 Å². The van der Waals surface area contributed by atoms with Crippen LogP contribution in [-0.2, 0) is 0 Å². The van der Waals surface area contributed by atoms with Gasteiger partial charge in [0.1, 0.15) is 23.0 Å². The van der Waals surface area contributed by atoms with E-state index in [1.165, 1.54) is 24.3 Å². The first-order valence-electron chi connectivity index (χ1n) is 16.1. The zero-order chi connectivity index (χ0) is 34.3. The molecule has 0 amide bonds. The van der Waals surface area contributed by atoms with Crippen LogP contribution in [0.3, 0.4) is 0 Å². The highest BCUT2D eigenvalue weighted by Gasteiger charge is 2.54. The molecule has 9 rings (SSSR count). The maximum absolute atomic E-state index is 11.5. The van der Waals surface area contributed by atoms with Crippen molar-refractivity contribution in [1.29, 1.82) is 0 Å². The molecule has 1 fully saturated rings. The molecule has 0 spiro atoms. The number of para-hydroxylation sites is 4. The lowest BCUT2D eigenvalue weighted by atomic mass is 9.62. The highest BCUT2D eigenvalue weighted by Crippen LogP contribution is 2.59. The molecular weight excluding hydrogens is 669 g/mol. The molecule has 0 unspecified atom stereocenters. The number of aliphatic hydroxyl groups excluding tert-OH is 2. The van der Waals surface area contributed by atoms with Gasteiger partial charge in [-0.2, -0.15) is 0 Å². The van der Waals surface area contributed by atoms with E-state index in [9.17, 15) is 30.6 Å². The summed E-state index contributed by atoms with van der Waals surface area (Å²) in [6.45, 7) is 0. The van der Waals surface area contributed by atoms with Gasteiger partial charge in [-0.1, -0.05) is 72.1 Å². The van der Waals surface area contributed by atoms with Crippen molar-refractivity contribution in [3.05, 3.63) is 132 Å². The maximum atomic E-state index is 11.5. The number of fused-ring (bicyclic) bond motifs is 4. The molecule has 2 aliphatic heterocycles. The number of aliphatic hydroxyl groups is 2. The van der Waals surface area contributed by atoms with Gasteiger partial charge < -0.3 is 40.4 Å². The molecular formula is C40H30N2O6S2. The first-order valence-corrected chi connectivity index (χ1v) is 17.7. The van der Waals surface area contributed by atoms with E-state index in [-0.39, 0.29) is 34.1 Å². The van der Waals surface area contributed by atoms with E-state index in [1.807, 2.05) is 107 Å². The fourth-order valence-corrected chi connectivity index (χ4v) is 9.63. The quantitative estimate of drug-likeness (QED) is 0.106. The Balaban J connectivity index is 1.05. The van der Waals surface area contributed by atoms with E-state index in [4.69, 9.17) is 0 Å². The van der Waals surface area contributed by atoms with Crippen molar-refractivity contribution in [3.8, 4) is 23.0 Å². The van der Waals surface area contributed by atoms with E-state index in [0.717, 1.165) is 42.3 Å². The zero-order valence-corrected chi connectivity index (χ0v) is 27.9. The van der Waals surface area contributed by atoms with Gasteiger partial charge in [-0.15, -0.1) is 0 Å². The van der Waals surface area contributed by atoms with Gasteiger partial charge >= 0.3 is 0 Å². The van der Waals surface area contributed by atoms with Crippen LogP contribution >= 0.6 is 23.5 Å². The van der Waals surface area contributed by atoms with E-state index >= 15 is 0 Å². The lowest BCUT2D eigenvalue weighted by Gasteiger charge is -2.47. The van der Waals surface area contributed by atoms with E-state index < -0.39 is 24.0 Å². The number of rotatable bonds is 4. The second kappa shape index (κ2) is 11.7. The van der Waals surface area contributed by atoms with Gasteiger partial charge in [-0.05, 0) is 48.5 Å². The molecule has 50 heavy (non-hydrogen) atoms. The SMILES string of the molecule is Oc1cc(N2c3ccccc3Sc3ccccc32)cc(O)c1C1C(O)C(c2c(O)cc(N3c4ccccc4Sc4ccccc43)cc2O)C1O. The molecule has 0 saturated heterocycles. The number of benzene rings is 6. The van der Waals surface area contributed by atoms with Crippen LogP contribution in [0.25, 0.3) is 0 Å². The van der Waals surface area contributed by atoms with Crippen LogP contribution in [0, 0.1) is 0 Å². The topological polar surface area (TPSA) is 128 Å². The summed E-state index contributed by atoms with van der Waals surface area (Å²) in [7, 11) is 0. The van der Waals surface area contributed by atoms with E-state index in [1.54, 1.807) is 23.5 Å². The summed E-state index contributed by atoms with van der Waals surface area (Å²) in [5.74, 6) is -3.33. The average molecular weight is 699 g/mol. The second-order valence-corrected chi connectivity index (χ2v) is 14.7. The minimum atomic E-state index is -1.34. The summed E-state index contributed by atoms with van der Waals surface area (Å²) in [5.41, 5.74) is 4.54. The van der Waals surface area contributed by atoms with Gasteiger partial charge in [-0.3, -0.25) is 0 Å². The lowest BCUT2D eigenvalue weighted by Crippen LogP contribution is -2.51. The molecule has 0 radical (unpaired) electrons. The predicted octanol–water partition coefficient (Wildman–Crippen LogP) is 8.98. The van der Waals surface area contributed by atoms with Gasteiger partial charge in [0.2, 0.25) is 0 Å². The molecule has 6 aromatic carbocycles. The Morgan fingerprint density at radius 3 is 0.940 bits per heavy atom. The Hall–Kier alpha value is -5.26. The summed E-state index contributed by atoms with van der Waals surface area (Å²) < 4.78 is 0. The number of phenols is 4. The number of phenolic OH excluding ortho intramolecular Hbond substituents is 4. The van der Waals surface area contributed by atoms with Crippen LogP contribution in [0.2, 0.25) is 0 Å². The number of aromatic hydroxyl groups is 4. The second-order valence-electron chi connectivity index (χ2n) is 12.6. The van der Waals surface area contributed by atoms with Crippen molar-refractivity contribution in [1.82, 2.24) is 0 Å². The first kappa shape index (κ1) is 30.8. The molecule has 8 nitrogen and oxygen atoms in total. The van der Waals surface area contributed by atoms with Crippen molar-refractivity contribution in [2.45, 2.75) is 43.6 Å². The number of anilines is 6. The monoisotopic (exact) mass is 698 g/mol. The standard InChI is InChI=1S/C40H30N2O6S2/c43-27-17-21(41-23-9-1-5-13-31(23)49-32-14-6-2-10-24(32)41)18-28(44)35(27)37-39(47)38(40(37)48)36-29(45)19-22(20-30(36)46)42-25-11-3-7-15-33(25)50-34-16-8-4-12-26(34)42/h1-20,37-40,43-48H. The van der Waals surface area contributed by atoms with Crippen molar-refractivity contribution >= 4 is 57.6 Å². The van der Waals surface area contributed by atoms with Crippen molar-refractivity contribution in [2.24, 2.45) is 0 Å². The van der Waals surface area contributed by atoms with Crippen LogP contribution < -0.4 is 9.80 Å². The number of nitrogens with zero attached hydrogens (tertiary/aromatic N) is 2. The van der Waals surface area contributed by atoms with Crippen LogP contribution in [0.1, 0.15) is 23.0 Å². The maximum Gasteiger partial charge on any atom is 0.125 e. The molecule has 10 heteroatoms. The third-order valence-corrected chi connectivity index (χ3v) is 12.0. The summed E-state index contributed by atoms with van der Waals surface area (Å²) in [6, 6.07) is 37.5. The molecule has 0 atom stereocenters. The van der Waals surface area contributed by atoms with E-state index in [0.29, 0.717) is 11.4 Å². The fourth-order valence-electron chi connectivity index (χ4n) is 7.51. The molecule has 1 saturated carbocycles.